The molecule has 0 atom stereocenters. The fraction of sp³-hybridized carbons (Fsp3) is 0. The van der Waals surface area contributed by atoms with Crippen LogP contribution in [0.3, 0.4) is 0 Å². The van der Waals surface area contributed by atoms with E-state index in [9.17, 15) is 5.26 Å². The number of rotatable bonds is 2. The molecule has 0 unspecified atom stereocenters. The van der Waals surface area contributed by atoms with Crippen molar-refractivity contribution in [1.29, 1.82) is 10.5 Å². The summed E-state index contributed by atoms with van der Waals surface area (Å²) in [7, 11) is 0. The second kappa shape index (κ2) is 6.54. The van der Waals surface area contributed by atoms with Gasteiger partial charge in [-0.3, -0.25) is 0 Å². The zero-order chi connectivity index (χ0) is 17.1. The molecule has 1 aromatic heterocycles. The molecule has 0 saturated heterocycles. The van der Waals surface area contributed by atoms with E-state index in [0.717, 1.165) is 21.2 Å². The van der Waals surface area contributed by atoms with Crippen LogP contribution in [0.25, 0.3) is 22.4 Å². The monoisotopic (exact) mass is 374 g/mol. The number of aromatic nitrogens is 1. The van der Waals surface area contributed by atoms with Gasteiger partial charge in [0.1, 0.15) is 17.5 Å². The minimum absolute atomic E-state index is 0.189. The normalized spacial score (nSPS) is 9.96. The SMILES string of the molecule is N#Cc1ccc(-c2cc(-c3cccc(Br)c3)c(C#N)c(N)n2)cc1. The van der Waals surface area contributed by atoms with Crippen LogP contribution in [-0.2, 0) is 0 Å². The van der Waals surface area contributed by atoms with Crippen molar-refractivity contribution >= 4 is 21.7 Å². The Kier molecular flexibility index (Phi) is 4.29. The molecule has 0 aliphatic heterocycles. The standard InChI is InChI=1S/C19H11BrN4/c20-15-3-1-2-14(8-15)16-9-18(24-19(23)17(16)11-22)13-6-4-12(10-21)5-7-13/h1-9H,(H2,23,24). The molecule has 1 heterocycles. The van der Waals surface area contributed by atoms with Gasteiger partial charge in [-0.15, -0.1) is 0 Å². The Morgan fingerprint density at radius 2 is 1.67 bits per heavy atom. The summed E-state index contributed by atoms with van der Waals surface area (Å²) in [4.78, 5) is 4.34. The molecule has 0 aliphatic carbocycles. The van der Waals surface area contributed by atoms with Crippen molar-refractivity contribution in [2.24, 2.45) is 0 Å². The summed E-state index contributed by atoms with van der Waals surface area (Å²) in [6.07, 6.45) is 0. The Labute approximate surface area is 147 Å². The van der Waals surface area contributed by atoms with Crippen LogP contribution in [0.5, 0.6) is 0 Å². The number of nitrogens with zero attached hydrogens (tertiary/aromatic N) is 3. The van der Waals surface area contributed by atoms with Gasteiger partial charge in [-0.25, -0.2) is 4.98 Å². The number of nitrogen functional groups attached to an aromatic ring is 1. The van der Waals surface area contributed by atoms with Gasteiger partial charge in [-0.1, -0.05) is 40.2 Å². The minimum atomic E-state index is 0.189. The summed E-state index contributed by atoms with van der Waals surface area (Å²) < 4.78 is 0.916. The second-order valence-electron chi connectivity index (χ2n) is 5.13. The molecule has 2 aromatic carbocycles. The van der Waals surface area contributed by atoms with E-state index in [4.69, 9.17) is 11.0 Å². The first-order valence-electron chi connectivity index (χ1n) is 7.09. The van der Waals surface area contributed by atoms with Crippen LogP contribution in [0.4, 0.5) is 5.82 Å². The van der Waals surface area contributed by atoms with Gasteiger partial charge < -0.3 is 5.73 Å². The summed E-state index contributed by atoms with van der Waals surface area (Å²) >= 11 is 3.44. The number of benzene rings is 2. The lowest BCUT2D eigenvalue weighted by molar-refractivity contribution is 1.31. The highest BCUT2D eigenvalue weighted by atomic mass is 79.9. The van der Waals surface area contributed by atoms with Crippen LogP contribution in [0.1, 0.15) is 11.1 Å². The highest BCUT2D eigenvalue weighted by Gasteiger charge is 2.13. The van der Waals surface area contributed by atoms with Crippen molar-refractivity contribution in [1.82, 2.24) is 4.98 Å². The van der Waals surface area contributed by atoms with Crippen LogP contribution in [0.2, 0.25) is 0 Å². The van der Waals surface area contributed by atoms with E-state index >= 15 is 0 Å². The highest BCUT2D eigenvalue weighted by Crippen LogP contribution is 2.32. The first-order chi connectivity index (χ1) is 11.6. The van der Waals surface area contributed by atoms with E-state index in [1.165, 1.54) is 0 Å². The van der Waals surface area contributed by atoms with Crippen molar-refractivity contribution in [3.63, 3.8) is 0 Å². The predicted molar refractivity (Wildman–Crippen MR) is 96.7 cm³/mol. The summed E-state index contributed by atoms with van der Waals surface area (Å²) in [6.45, 7) is 0. The molecule has 5 heteroatoms. The summed E-state index contributed by atoms with van der Waals surface area (Å²) in [5, 5.41) is 18.3. The Morgan fingerprint density at radius 3 is 2.29 bits per heavy atom. The molecule has 24 heavy (non-hydrogen) atoms. The average Bonchev–Trinajstić information content (AvgIpc) is 2.61. The summed E-state index contributed by atoms with van der Waals surface area (Å²) in [5.41, 5.74) is 10.0. The first-order valence-corrected chi connectivity index (χ1v) is 7.89. The number of anilines is 1. The Morgan fingerprint density at radius 1 is 0.917 bits per heavy atom. The molecule has 0 amide bonds. The molecule has 0 bridgehead atoms. The third kappa shape index (κ3) is 2.99. The van der Waals surface area contributed by atoms with Crippen molar-refractivity contribution in [3.05, 3.63) is 70.2 Å². The van der Waals surface area contributed by atoms with Crippen molar-refractivity contribution in [3.8, 4) is 34.5 Å². The quantitative estimate of drug-likeness (QED) is 0.714. The summed E-state index contributed by atoms with van der Waals surface area (Å²) in [6, 6.07) is 20.8. The van der Waals surface area contributed by atoms with Gasteiger partial charge in [0, 0.05) is 15.6 Å². The average molecular weight is 375 g/mol. The second-order valence-corrected chi connectivity index (χ2v) is 6.04. The lowest BCUT2D eigenvalue weighted by Crippen LogP contribution is -1.99. The molecular formula is C19H11BrN4. The first kappa shape index (κ1) is 15.7. The van der Waals surface area contributed by atoms with Gasteiger partial charge in [0.05, 0.1) is 17.3 Å². The fourth-order valence-electron chi connectivity index (χ4n) is 2.43. The van der Waals surface area contributed by atoms with Gasteiger partial charge in [0.2, 0.25) is 0 Å². The predicted octanol–water partition coefficient (Wildman–Crippen LogP) is 4.50. The van der Waals surface area contributed by atoms with E-state index < -0.39 is 0 Å². The van der Waals surface area contributed by atoms with E-state index in [2.05, 4.69) is 33.1 Å². The van der Waals surface area contributed by atoms with Crippen molar-refractivity contribution in [2.75, 3.05) is 5.73 Å². The molecule has 0 saturated carbocycles. The maximum absolute atomic E-state index is 9.44. The third-order valence-electron chi connectivity index (χ3n) is 3.60. The topological polar surface area (TPSA) is 86.5 Å². The van der Waals surface area contributed by atoms with E-state index in [1.54, 1.807) is 12.1 Å². The number of hydrogen-bond acceptors (Lipinski definition) is 4. The zero-order valence-corrected chi connectivity index (χ0v) is 14.1. The van der Waals surface area contributed by atoms with Crippen molar-refractivity contribution in [2.45, 2.75) is 0 Å². The molecule has 0 radical (unpaired) electrons. The fourth-order valence-corrected chi connectivity index (χ4v) is 2.83. The van der Waals surface area contributed by atoms with E-state index in [-0.39, 0.29) is 5.82 Å². The molecule has 0 fully saturated rings. The number of halogens is 1. The third-order valence-corrected chi connectivity index (χ3v) is 4.10. The Hall–Kier alpha value is -3.15. The van der Waals surface area contributed by atoms with E-state index in [0.29, 0.717) is 16.8 Å². The zero-order valence-electron chi connectivity index (χ0n) is 12.5. The van der Waals surface area contributed by atoms with Crippen LogP contribution in [0.15, 0.2) is 59.1 Å². The Bertz CT molecular complexity index is 995. The van der Waals surface area contributed by atoms with Crippen LogP contribution in [0, 0.1) is 22.7 Å². The highest BCUT2D eigenvalue weighted by molar-refractivity contribution is 9.10. The number of nitriles is 2. The van der Waals surface area contributed by atoms with E-state index in [1.807, 2.05) is 42.5 Å². The summed E-state index contributed by atoms with van der Waals surface area (Å²) in [5.74, 6) is 0.189. The van der Waals surface area contributed by atoms with Gasteiger partial charge >= 0.3 is 0 Å². The molecule has 0 spiro atoms. The van der Waals surface area contributed by atoms with Crippen LogP contribution >= 0.6 is 15.9 Å². The van der Waals surface area contributed by atoms with Gasteiger partial charge in [-0.2, -0.15) is 10.5 Å². The molecular weight excluding hydrogens is 364 g/mol. The minimum Gasteiger partial charge on any atom is -0.383 e. The molecule has 114 valence electrons. The largest absolute Gasteiger partial charge is 0.383 e. The lowest BCUT2D eigenvalue weighted by Gasteiger charge is -2.10. The maximum atomic E-state index is 9.44. The number of pyridine rings is 1. The maximum Gasteiger partial charge on any atom is 0.142 e. The van der Waals surface area contributed by atoms with Gasteiger partial charge in [0.15, 0.2) is 0 Å². The van der Waals surface area contributed by atoms with Crippen LogP contribution < -0.4 is 5.73 Å². The Balaban J connectivity index is 2.20. The van der Waals surface area contributed by atoms with Gasteiger partial charge in [0.25, 0.3) is 0 Å². The van der Waals surface area contributed by atoms with Crippen LogP contribution in [-0.4, -0.2) is 4.98 Å². The number of hydrogen-bond donors (Lipinski definition) is 1. The van der Waals surface area contributed by atoms with Crippen molar-refractivity contribution < 1.29 is 0 Å². The molecule has 3 aromatic rings. The number of nitrogens with two attached hydrogens (primary N) is 1. The lowest BCUT2D eigenvalue weighted by atomic mass is 9.98. The molecule has 3 rings (SSSR count). The van der Waals surface area contributed by atoms with Gasteiger partial charge in [-0.05, 0) is 35.9 Å². The molecule has 2 N–H and O–H groups in total. The molecule has 4 nitrogen and oxygen atoms in total. The smallest absolute Gasteiger partial charge is 0.142 e. The molecule has 0 aliphatic rings.